The van der Waals surface area contributed by atoms with Gasteiger partial charge in [0.1, 0.15) is 0 Å². The number of sulfonamides is 1. The van der Waals surface area contributed by atoms with E-state index in [4.69, 9.17) is 0 Å². The number of hydrogen-bond acceptors (Lipinski definition) is 5. The molecule has 1 saturated heterocycles. The summed E-state index contributed by atoms with van der Waals surface area (Å²) in [4.78, 5) is 6.34. The third-order valence-electron chi connectivity index (χ3n) is 4.14. The highest BCUT2D eigenvalue weighted by Crippen LogP contribution is 2.30. The Morgan fingerprint density at radius 3 is 2.62 bits per heavy atom. The van der Waals surface area contributed by atoms with Crippen LogP contribution in [0.5, 0.6) is 0 Å². The molecular formula is C16H18F3N3O2S2. The minimum atomic E-state index is -4.49. The zero-order valence-corrected chi connectivity index (χ0v) is 15.4. The summed E-state index contributed by atoms with van der Waals surface area (Å²) in [5, 5.41) is 2.80. The molecule has 2 aromatic rings. The minimum absolute atomic E-state index is 0.118. The molecule has 0 bridgehead atoms. The normalized spacial score (nSPS) is 16.8. The first-order valence-corrected chi connectivity index (χ1v) is 10.6. The zero-order chi connectivity index (χ0) is 18.8. The van der Waals surface area contributed by atoms with Gasteiger partial charge < -0.3 is 4.90 Å². The van der Waals surface area contributed by atoms with Crippen molar-refractivity contribution in [3.8, 4) is 0 Å². The summed E-state index contributed by atoms with van der Waals surface area (Å²) in [7, 11) is -3.72. The first-order chi connectivity index (χ1) is 12.2. The molecule has 0 unspecified atom stereocenters. The molecule has 5 nitrogen and oxygen atoms in total. The zero-order valence-electron chi connectivity index (χ0n) is 13.7. The van der Waals surface area contributed by atoms with E-state index in [1.54, 1.807) is 6.20 Å². The number of thiazole rings is 1. The summed E-state index contributed by atoms with van der Waals surface area (Å²) in [6, 6.07) is 4.20. The fourth-order valence-corrected chi connectivity index (χ4v) is 5.06. The number of anilines is 1. The van der Waals surface area contributed by atoms with Gasteiger partial charge in [-0.05, 0) is 24.5 Å². The number of halogens is 3. The monoisotopic (exact) mass is 405 g/mol. The van der Waals surface area contributed by atoms with Crippen LogP contribution in [-0.2, 0) is 22.0 Å². The molecule has 1 aliphatic rings. The number of hydrogen-bond donors (Lipinski definition) is 1. The molecule has 0 aliphatic carbocycles. The molecule has 0 spiro atoms. The first kappa shape index (κ1) is 19.1. The lowest BCUT2D eigenvalue weighted by Crippen LogP contribution is -2.45. The van der Waals surface area contributed by atoms with Crippen molar-refractivity contribution in [3.05, 3.63) is 47.0 Å². The van der Waals surface area contributed by atoms with Gasteiger partial charge in [0.2, 0.25) is 10.0 Å². The number of aromatic nitrogens is 1. The van der Waals surface area contributed by atoms with Crippen LogP contribution in [0.25, 0.3) is 0 Å². The Bertz CT molecular complexity index is 831. The Balaban J connectivity index is 1.58. The number of benzene rings is 1. The summed E-state index contributed by atoms with van der Waals surface area (Å²) in [6.45, 7) is 1.37. The quantitative estimate of drug-likeness (QED) is 0.830. The van der Waals surface area contributed by atoms with Crippen molar-refractivity contribution in [2.24, 2.45) is 0 Å². The van der Waals surface area contributed by atoms with Gasteiger partial charge in [0.15, 0.2) is 5.13 Å². The van der Waals surface area contributed by atoms with Gasteiger partial charge >= 0.3 is 6.18 Å². The molecule has 0 radical (unpaired) electrons. The van der Waals surface area contributed by atoms with Crippen LogP contribution in [0, 0.1) is 0 Å². The fraction of sp³-hybridized carbons (Fsp3) is 0.438. The predicted molar refractivity (Wildman–Crippen MR) is 94.6 cm³/mol. The third kappa shape index (κ3) is 4.95. The number of nitrogens with zero attached hydrogens (tertiary/aromatic N) is 2. The Hall–Kier alpha value is -1.65. The van der Waals surface area contributed by atoms with Crippen LogP contribution in [0.4, 0.5) is 18.3 Å². The average molecular weight is 405 g/mol. The number of alkyl halides is 3. The molecule has 3 rings (SSSR count). The standard InChI is InChI=1S/C16H18F3N3O2S2/c17-16(18,19)13-3-1-2-12(10-13)11-26(23,24)21-14-4-7-22(8-5-14)15-20-6-9-25-15/h1-3,6,9-10,14,21H,4-5,7-8,11H2. The molecule has 0 saturated carbocycles. The summed E-state index contributed by atoms with van der Waals surface area (Å²) >= 11 is 1.53. The second-order valence-electron chi connectivity index (χ2n) is 6.15. The average Bonchev–Trinajstić information content (AvgIpc) is 3.08. The van der Waals surface area contributed by atoms with Crippen molar-refractivity contribution in [1.29, 1.82) is 0 Å². The van der Waals surface area contributed by atoms with Gasteiger partial charge in [0.05, 0.1) is 11.3 Å². The largest absolute Gasteiger partial charge is 0.416 e. The van der Waals surface area contributed by atoms with Crippen LogP contribution < -0.4 is 9.62 Å². The molecule has 1 aromatic heterocycles. The van der Waals surface area contributed by atoms with E-state index in [2.05, 4.69) is 14.6 Å². The van der Waals surface area contributed by atoms with Crippen LogP contribution in [-0.4, -0.2) is 32.5 Å². The van der Waals surface area contributed by atoms with Crippen molar-refractivity contribution in [2.75, 3.05) is 18.0 Å². The highest BCUT2D eigenvalue weighted by Gasteiger charge is 2.31. The SMILES string of the molecule is O=S(=O)(Cc1cccc(C(F)(F)F)c1)NC1CCN(c2nccs2)CC1. The highest BCUT2D eigenvalue weighted by atomic mass is 32.2. The molecule has 142 valence electrons. The van der Waals surface area contributed by atoms with E-state index < -0.39 is 27.5 Å². The van der Waals surface area contributed by atoms with Gasteiger partial charge in [-0.3, -0.25) is 0 Å². The van der Waals surface area contributed by atoms with Crippen LogP contribution >= 0.6 is 11.3 Å². The molecule has 10 heteroatoms. The van der Waals surface area contributed by atoms with Crippen molar-refractivity contribution in [1.82, 2.24) is 9.71 Å². The molecular weight excluding hydrogens is 387 g/mol. The minimum Gasteiger partial charge on any atom is -0.348 e. The molecule has 26 heavy (non-hydrogen) atoms. The lowest BCUT2D eigenvalue weighted by molar-refractivity contribution is -0.137. The lowest BCUT2D eigenvalue weighted by atomic mass is 10.1. The van der Waals surface area contributed by atoms with Crippen molar-refractivity contribution >= 4 is 26.5 Å². The first-order valence-electron chi connectivity index (χ1n) is 8.03. The summed E-state index contributed by atoms with van der Waals surface area (Å²) < 4.78 is 65.5. The Kier molecular flexibility index (Phi) is 5.54. The van der Waals surface area contributed by atoms with Gasteiger partial charge in [-0.15, -0.1) is 11.3 Å². The lowest BCUT2D eigenvalue weighted by Gasteiger charge is -2.32. The van der Waals surface area contributed by atoms with E-state index in [9.17, 15) is 21.6 Å². The van der Waals surface area contributed by atoms with E-state index >= 15 is 0 Å². The van der Waals surface area contributed by atoms with Crippen molar-refractivity contribution < 1.29 is 21.6 Å². The van der Waals surface area contributed by atoms with Crippen LogP contribution in [0.2, 0.25) is 0 Å². The maximum Gasteiger partial charge on any atom is 0.416 e. The number of piperidine rings is 1. The molecule has 1 fully saturated rings. The van der Waals surface area contributed by atoms with E-state index in [1.165, 1.54) is 23.5 Å². The molecule has 0 atom stereocenters. The topological polar surface area (TPSA) is 62.3 Å². The number of rotatable bonds is 5. The third-order valence-corrected chi connectivity index (χ3v) is 6.38. The predicted octanol–water partition coefficient (Wildman–Crippen LogP) is 3.25. The summed E-state index contributed by atoms with van der Waals surface area (Å²) in [5.74, 6) is -0.469. The second kappa shape index (κ2) is 7.53. The molecule has 2 heterocycles. The Morgan fingerprint density at radius 2 is 2.00 bits per heavy atom. The molecule has 1 aliphatic heterocycles. The second-order valence-corrected chi connectivity index (χ2v) is 8.78. The Labute approximate surface area is 153 Å². The van der Waals surface area contributed by atoms with Crippen LogP contribution in [0.1, 0.15) is 24.0 Å². The van der Waals surface area contributed by atoms with E-state index in [0.717, 1.165) is 17.3 Å². The van der Waals surface area contributed by atoms with E-state index in [1.807, 2.05) is 5.38 Å². The molecule has 1 N–H and O–H groups in total. The summed E-state index contributed by atoms with van der Waals surface area (Å²) in [6.07, 6.45) is -1.51. The van der Waals surface area contributed by atoms with Gasteiger partial charge in [0, 0.05) is 30.7 Å². The maximum absolute atomic E-state index is 12.8. The van der Waals surface area contributed by atoms with Gasteiger partial charge in [-0.25, -0.2) is 18.1 Å². The van der Waals surface area contributed by atoms with Gasteiger partial charge in [-0.1, -0.05) is 18.2 Å². The highest BCUT2D eigenvalue weighted by molar-refractivity contribution is 7.88. The van der Waals surface area contributed by atoms with E-state index in [-0.39, 0.29) is 11.6 Å². The van der Waals surface area contributed by atoms with Crippen LogP contribution in [0.3, 0.4) is 0 Å². The van der Waals surface area contributed by atoms with Crippen LogP contribution in [0.15, 0.2) is 35.8 Å². The fourth-order valence-electron chi connectivity index (χ4n) is 2.91. The van der Waals surface area contributed by atoms with Crippen molar-refractivity contribution in [3.63, 3.8) is 0 Å². The van der Waals surface area contributed by atoms with Gasteiger partial charge in [-0.2, -0.15) is 13.2 Å². The van der Waals surface area contributed by atoms with Crippen molar-refractivity contribution in [2.45, 2.75) is 30.8 Å². The number of nitrogens with one attached hydrogen (secondary N) is 1. The van der Waals surface area contributed by atoms with Gasteiger partial charge in [0.25, 0.3) is 0 Å². The summed E-state index contributed by atoms with van der Waals surface area (Å²) in [5.41, 5.74) is -0.727. The van der Waals surface area contributed by atoms with E-state index in [0.29, 0.717) is 25.9 Å². The smallest absolute Gasteiger partial charge is 0.348 e. The molecule has 1 aromatic carbocycles. The maximum atomic E-state index is 12.8. The molecule has 0 amide bonds. The Morgan fingerprint density at radius 1 is 1.27 bits per heavy atom.